The Kier molecular flexibility index (Phi) is 21.7. The normalized spacial score (nSPS) is 18.7. The molecule has 2 aliphatic heterocycles. The van der Waals surface area contributed by atoms with Crippen molar-refractivity contribution in [1.29, 1.82) is 0 Å². The Bertz CT molecular complexity index is 1240. The van der Waals surface area contributed by atoms with Gasteiger partial charge in [-0.25, -0.2) is 9.59 Å². The predicted octanol–water partition coefficient (Wildman–Crippen LogP) is -3.42. The first-order chi connectivity index (χ1) is 23.8. The number of quaternary nitrogens is 1. The zero-order valence-electron chi connectivity index (χ0n) is 32.2. The van der Waals surface area contributed by atoms with E-state index < -0.39 is 67.8 Å². The molecule has 0 bridgehead atoms. The van der Waals surface area contributed by atoms with Crippen LogP contribution in [0.3, 0.4) is 0 Å². The summed E-state index contributed by atoms with van der Waals surface area (Å²) in [7, 11) is 0. The van der Waals surface area contributed by atoms with Gasteiger partial charge in [0.05, 0.1) is 61.2 Å². The highest BCUT2D eigenvalue weighted by atomic mass is 35.5. The fourth-order valence-electron chi connectivity index (χ4n) is 6.86. The van der Waals surface area contributed by atoms with Crippen molar-refractivity contribution in [2.24, 2.45) is 5.73 Å². The Morgan fingerprint density at radius 2 is 1.22 bits per heavy atom. The lowest BCUT2D eigenvalue weighted by molar-refractivity contribution is -0.788. The second kappa shape index (κ2) is 22.0. The predicted molar refractivity (Wildman–Crippen MR) is 200 cm³/mol. The van der Waals surface area contributed by atoms with E-state index in [1.165, 1.54) is 24.3 Å². The Labute approximate surface area is 325 Å². The summed E-state index contributed by atoms with van der Waals surface area (Å²) in [6.07, 6.45) is 2.72. The number of hydrogen-bond acceptors (Lipinski definition) is 13. The lowest BCUT2D eigenvalue weighted by atomic mass is 9.79. The molecule has 14 N–H and O–H groups in total. The molecule has 2 fully saturated rings. The molecular weight excluding hydrogens is 730 g/mol. The third-order valence-electron chi connectivity index (χ3n) is 8.66. The zero-order valence-corrected chi connectivity index (χ0v) is 33.0. The molecule has 0 unspecified atom stereocenters. The van der Waals surface area contributed by atoms with Crippen molar-refractivity contribution in [2.45, 2.75) is 134 Å². The maximum absolute atomic E-state index is 12.0. The average Bonchev–Trinajstić information content (AvgIpc) is 3.01. The van der Waals surface area contributed by atoms with E-state index in [0.717, 1.165) is 25.7 Å². The maximum atomic E-state index is 12.0. The van der Waals surface area contributed by atoms with Crippen LogP contribution in [-0.4, -0.2) is 133 Å². The molecule has 0 aromatic heterocycles. The Morgan fingerprint density at radius 3 is 1.57 bits per heavy atom. The van der Waals surface area contributed by atoms with Crippen LogP contribution in [0.25, 0.3) is 0 Å². The van der Waals surface area contributed by atoms with E-state index in [-0.39, 0.29) is 65.5 Å². The minimum atomic E-state index is -1.40. The van der Waals surface area contributed by atoms with E-state index in [1.807, 2.05) is 0 Å². The Morgan fingerprint density at radius 1 is 0.815 bits per heavy atom. The SMILES string of the molecule is C.CC1(C)CC(NC(=O)NC(CO)(CO)CO)CC(C)(C)N1.CC1(C)CC(NC(=O)Oc2ccc([N+](=O)[O-])cc2)CC(C)(C)[NH2+]1.NC(CO)(CO)CO.[Cl-]. The molecule has 2 saturated heterocycles. The molecule has 1 aromatic rings. The molecule has 0 aliphatic carbocycles. The number of urea groups is 1. The molecule has 18 nitrogen and oxygen atoms in total. The summed E-state index contributed by atoms with van der Waals surface area (Å²) in [5.41, 5.74) is 2.41. The monoisotopic (exact) mass is 797 g/mol. The number of benzene rings is 1. The van der Waals surface area contributed by atoms with Crippen molar-refractivity contribution in [3.05, 3.63) is 34.4 Å². The number of piperidine rings is 2. The Hall–Kier alpha value is -2.91. The van der Waals surface area contributed by atoms with Crippen molar-refractivity contribution in [1.82, 2.24) is 21.3 Å². The quantitative estimate of drug-likeness (QED) is 0.0768. The summed E-state index contributed by atoms with van der Waals surface area (Å²) in [5.74, 6) is 0.286. The number of halogens is 1. The second-order valence-corrected chi connectivity index (χ2v) is 16.7. The van der Waals surface area contributed by atoms with Gasteiger partial charge in [-0.3, -0.25) is 10.1 Å². The number of nitro groups is 1. The molecule has 316 valence electrons. The molecule has 3 amide bonds. The van der Waals surface area contributed by atoms with Crippen LogP contribution < -0.4 is 49.5 Å². The largest absolute Gasteiger partial charge is 1.00 e. The van der Waals surface area contributed by atoms with Gasteiger partial charge < -0.3 is 80.1 Å². The number of rotatable bonds is 11. The number of nitrogens with two attached hydrogens (primary N) is 2. The molecule has 3 rings (SSSR count). The Balaban J connectivity index is 0. The van der Waals surface area contributed by atoms with Gasteiger partial charge in [0.15, 0.2) is 0 Å². The van der Waals surface area contributed by atoms with Gasteiger partial charge in [-0.15, -0.1) is 0 Å². The van der Waals surface area contributed by atoms with E-state index >= 15 is 0 Å². The number of carbonyl (C=O) groups is 2. The molecule has 1 aromatic carbocycles. The molecule has 0 saturated carbocycles. The number of nitrogens with one attached hydrogen (secondary N) is 4. The highest BCUT2D eigenvalue weighted by Gasteiger charge is 2.42. The molecule has 0 radical (unpaired) electrons. The van der Waals surface area contributed by atoms with Crippen LogP contribution in [0, 0.1) is 10.1 Å². The van der Waals surface area contributed by atoms with Crippen molar-refractivity contribution < 1.29 is 67.6 Å². The summed E-state index contributed by atoms with van der Waals surface area (Å²) in [6.45, 7) is 14.2. The number of hydrogen-bond donors (Lipinski definition) is 12. The summed E-state index contributed by atoms with van der Waals surface area (Å²) < 4.78 is 5.21. The number of amides is 3. The van der Waals surface area contributed by atoms with Crippen LogP contribution >= 0.6 is 0 Å². The van der Waals surface area contributed by atoms with E-state index in [2.05, 4.69) is 82.0 Å². The summed E-state index contributed by atoms with van der Waals surface area (Å²) in [6, 6.07) is 4.97. The first-order valence-electron chi connectivity index (χ1n) is 17.2. The lowest BCUT2D eigenvalue weighted by Crippen LogP contribution is -3.06. The second-order valence-electron chi connectivity index (χ2n) is 16.7. The number of nitrogens with zero attached hydrogens (tertiary/aromatic N) is 1. The van der Waals surface area contributed by atoms with Gasteiger partial charge in [-0.1, -0.05) is 7.43 Å². The highest BCUT2D eigenvalue weighted by Crippen LogP contribution is 2.28. The molecule has 54 heavy (non-hydrogen) atoms. The first kappa shape index (κ1) is 53.2. The average molecular weight is 798 g/mol. The van der Waals surface area contributed by atoms with Crippen LogP contribution in [0.1, 0.15) is 88.5 Å². The maximum Gasteiger partial charge on any atom is 0.412 e. The lowest BCUT2D eigenvalue weighted by Gasteiger charge is -2.46. The standard InChI is InChI=1S/C16H23N3O4.C14H29N3O4.C4H11NO3.CH4.ClH/c1-15(2)9-11(10-16(3,4)18-15)17-14(20)23-13-7-5-12(6-8-13)19(21)22;1-12(2)5-10(6-13(3,4)17-12)15-11(21)16-14(7-18,8-19)9-20;5-4(1-6,2-7)3-8;;/h5-8,11,18H,9-10H2,1-4H3,(H,17,20);10,17-20H,5-9H2,1-4H3,(H2,15,16,21);6-8H,1-3,5H2;1H4;1H. The van der Waals surface area contributed by atoms with E-state index in [4.69, 9.17) is 25.8 Å². The smallest absolute Gasteiger partial charge is 0.412 e. The van der Waals surface area contributed by atoms with Crippen molar-refractivity contribution in [3.8, 4) is 5.75 Å². The van der Waals surface area contributed by atoms with Gasteiger partial charge in [0.2, 0.25) is 0 Å². The molecule has 0 atom stereocenters. The van der Waals surface area contributed by atoms with E-state index in [0.29, 0.717) is 0 Å². The summed E-state index contributed by atoms with van der Waals surface area (Å²) >= 11 is 0. The minimum Gasteiger partial charge on any atom is -1.00 e. The fourth-order valence-corrected chi connectivity index (χ4v) is 6.86. The van der Waals surface area contributed by atoms with Crippen molar-refractivity contribution in [2.75, 3.05) is 39.6 Å². The molecule has 19 heteroatoms. The van der Waals surface area contributed by atoms with Gasteiger partial charge in [-0.05, 0) is 80.4 Å². The zero-order chi connectivity index (χ0) is 40.2. The first-order valence-corrected chi connectivity index (χ1v) is 17.2. The van der Waals surface area contributed by atoms with Gasteiger partial charge >= 0.3 is 12.1 Å². The van der Waals surface area contributed by atoms with Crippen molar-refractivity contribution in [3.63, 3.8) is 0 Å². The number of aliphatic hydroxyl groups is 6. The number of ether oxygens (including phenoxy) is 1. The number of non-ortho nitro benzene ring substituents is 1. The fraction of sp³-hybridized carbons (Fsp3) is 0.771. The van der Waals surface area contributed by atoms with Crippen LogP contribution in [0.15, 0.2) is 24.3 Å². The van der Waals surface area contributed by atoms with Gasteiger partial charge in [-0.2, -0.15) is 0 Å². The molecular formula is C35H68ClN7O11. The third kappa shape index (κ3) is 18.6. The van der Waals surface area contributed by atoms with Crippen LogP contribution in [0.2, 0.25) is 0 Å². The summed E-state index contributed by atoms with van der Waals surface area (Å²) in [5, 5.41) is 77.4. The number of carbonyl (C=O) groups excluding carboxylic acids is 2. The van der Waals surface area contributed by atoms with Crippen LogP contribution in [-0.2, 0) is 0 Å². The van der Waals surface area contributed by atoms with E-state index in [9.17, 15) is 35.0 Å². The van der Waals surface area contributed by atoms with Crippen LogP contribution in [0.5, 0.6) is 5.75 Å². The highest BCUT2D eigenvalue weighted by molar-refractivity contribution is 5.75. The van der Waals surface area contributed by atoms with Gasteiger partial charge in [0, 0.05) is 48.1 Å². The number of nitro benzene ring substituents is 1. The third-order valence-corrected chi connectivity index (χ3v) is 8.66. The summed E-state index contributed by atoms with van der Waals surface area (Å²) in [4.78, 5) is 34.2. The molecule has 0 spiro atoms. The number of aliphatic hydroxyl groups excluding tert-OH is 6. The van der Waals surface area contributed by atoms with Crippen LogP contribution in [0.4, 0.5) is 15.3 Å². The van der Waals surface area contributed by atoms with Crippen molar-refractivity contribution >= 4 is 17.8 Å². The minimum absolute atomic E-state index is 0. The van der Waals surface area contributed by atoms with Gasteiger partial charge in [0.1, 0.15) is 11.3 Å². The topological polar surface area (TPSA) is 299 Å². The van der Waals surface area contributed by atoms with Gasteiger partial charge in [0.25, 0.3) is 5.69 Å². The molecule has 2 heterocycles. The van der Waals surface area contributed by atoms with E-state index in [1.54, 1.807) is 0 Å². The molecule has 2 aliphatic rings.